The van der Waals surface area contributed by atoms with E-state index in [-0.39, 0.29) is 5.56 Å². The van der Waals surface area contributed by atoms with Crippen LogP contribution in [0.1, 0.15) is 10.4 Å². The van der Waals surface area contributed by atoms with Gasteiger partial charge in [0.15, 0.2) is 0 Å². The van der Waals surface area contributed by atoms with Crippen LogP contribution in [-0.4, -0.2) is 19.8 Å². The topological polar surface area (TPSA) is 86.6 Å². The van der Waals surface area contributed by atoms with Crippen molar-refractivity contribution in [1.29, 1.82) is 0 Å². The molecule has 0 aliphatic carbocycles. The first-order chi connectivity index (χ1) is 6.09. The van der Waals surface area contributed by atoms with Crippen LogP contribution in [0.25, 0.3) is 0 Å². The van der Waals surface area contributed by atoms with Crippen LogP contribution in [0.2, 0.25) is 0 Å². The van der Waals surface area contributed by atoms with E-state index in [4.69, 9.17) is 9.66 Å². The van der Waals surface area contributed by atoms with E-state index < -0.39 is 17.2 Å². The Hall–Kier alpha value is -1.40. The molecule has 1 aromatic rings. The number of anilines is 1. The van der Waals surface area contributed by atoms with E-state index in [0.29, 0.717) is 5.69 Å². The van der Waals surface area contributed by atoms with E-state index >= 15 is 0 Å². The summed E-state index contributed by atoms with van der Waals surface area (Å²) in [5.74, 6) is -1.08. The molecule has 0 saturated heterocycles. The Bertz CT molecular complexity index is 352. The summed E-state index contributed by atoms with van der Waals surface area (Å²) >= 11 is -2.18. The first-order valence-electron chi connectivity index (χ1n) is 3.30. The number of rotatable bonds is 3. The maximum Gasteiger partial charge on any atom is 0.335 e. The quantitative estimate of drug-likeness (QED) is 0.635. The predicted octanol–water partition coefficient (Wildman–Crippen LogP) is 0.933. The lowest BCUT2D eigenvalue weighted by Gasteiger charge is -2.01. The summed E-state index contributed by atoms with van der Waals surface area (Å²) < 4.78 is 20.9. The predicted molar refractivity (Wildman–Crippen MR) is 47.8 cm³/mol. The molecule has 1 unspecified atom stereocenters. The van der Waals surface area contributed by atoms with Gasteiger partial charge in [-0.15, -0.1) is 0 Å². The lowest BCUT2D eigenvalue weighted by atomic mass is 10.2. The lowest BCUT2D eigenvalue weighted by molar-refractivity contribution is 0.0697. The largest absolute Gasteiger partial charge is 0.478 e. The number of carboxylic acids is 1. The van der Waals surface area contributed by atoms with E-state index in [0.717, 1.165) is 0 Å². The average molecular weight is 201 g/mol. The van der Waals surface area contributed by atoms with Gasteiger partial charge in [-0.3, -0.25) is 9.27 Å². The third-order valence-electron chi connectivity index (χ3n) is 1.31. The van der Waals surface area contributed by atoms with Crippen LogP contribution < -0.4 is 4.72 Å². The highest BCUT2D eigenvalue weighted by atomic mass is 32.2. The van der Waals surface area contributed by atoms with Gasteiger partial charge in [0, 0.05) is 5.69 Å². The van der Waals surface area contributed by atoms with Crippen LogP contribution in [0.4, 0.5) is 5.69 Å². The summed E-state index contributed by atoms with van der Waals surface area (Å²) in [6, 6.07) is 5.66. The SMILES string of the molecule is O=C(O)c1cccc(NS(=O)O)c1. The second kappa shape index (κ2) is 4.01. The number of aromatic carboxylic acids is 1. The van der Waals surface area contributed by atoms with E-state index in [1.165, 1.54) is 24.3 Å². The standard InChI is InChI=1S/C7H7NO4S/c9-7(10)5-2-1-3-6(4-5)8-13(11)12/h1-4,8H,(H,9,10)(H,11,12). The van der Waals surface area contributed by atoms with Gasteiger partial charge in [-0.05, 0) is 18.2 Å². The van der Waals surface area contributed by atoms with Crippen LogP contribution in [0, 0.1) is 0 Å². The third-order valence-corrected chi connectivity index (χ3v) is 1.73. The number of benzene rings is 1. The number of carboxylic acid groups (broad SMARTS) is 1. The smallest absolute Gasteiger partial charge is 0.335 e. The lowest BCUT2D eigenvalue weighted by Crippen LogP contribution is -2.03. The number of hydrogen-bond donors (Lipinski definition) is 3. The second-order valence-corrected chi connectivity index (χ2v) is 2.94. The van der Waals surface area contributed by atoms with Crippen molar-refractivity contribution in [3.63, 3.8) is 0 Å². The minimum Gasteiger partial charge on any atom is -0.478 e. The summed E-state index contributed by atoms with van der Waals surface area (Å²) in [6.45, 7) is 0. The summed E-state index contributed by atoms with van der Waals surface area (Å²) in [6.07, 6.45) is 0. The van der Waals surface area contributed by atoms with Crippen LogP contribution in [0.15, 0.2) is 24.3 Å². The van der Waals surface area contributed by atoms with Crippen molar-refractivity contribution in [2.24, 2.45) is 0 Å². The van der Waals surface area contributed by atoms with Crippen molar-refractivity contribution < 1.29 is 18.7 Å². The summed E-state index contributed by atoms with van der Waals surface area (Å²) in [5.41, 5.74) is 0.358. The van der Waals surface area contributed by atoms with Crippen LogP contribution in [-0.2, 0) is 11.3 Å². The van der Waals surface area contributed by atoms with Crippen molar-refractivity contribution in [1.82, 2.24) is 0 Å². The van der Waals surface area contributed by atoms with E-state index in [1.807, 2.05) is 0 Å². The normalized spacial score (nSPS) is 12.1. The van der Waals surface area contributed by atoms with Gasteiger partial charge in [0.1, 0.15) is 0 Å². The Morgan fingerprint density at radius 1 is 1.46 bits per heavy atom. The van der Waals surface area contributed by atoms with E-state index in [9.17, 15) is 9.00 Å². The van der Waals surface area contributed by atoms with Gasteiger partial charge in [0.25, 0.3) is 11.3 Å². The van der Waals surface area contributed by atoms with Crippen molar-refractivity contribution in [2.45, 2.75) is 0 Å². The maximum absolute atomic E-state index is 10.5. The molecule has 0 fully saturated rings. The fraction of sp³-hybridized carbons (Fsp3) is 0. The van der Waals surface area contributed by atoms with Gasteiger partial charge in [-0.1, -0.05) is 6.07 Å². The van der Waals surface area contributed by atoms with Gasteiger partial charge in [-0.25, -0.2) is 9.00 Å². The molecule has 70 valence electrons. The molecule has 0 radical (unpaired) electrons. The Morgan fingerprint density at radius 3 is 2.69 bits per heavy atom. The Morgan fingerprint density at radius 2 is 2.15 bits per heavy atom. The average Bonchev–Trinajstić information content (AvgIpc) is 2.03. The summed E-state index contributed by atoms with van der Waals surface area (Å²) in [4.78, 5) is 10.5. The Balaban J connectivity index is 2.91. The minimum atomic E-state index is -2.18. The molecule has 1 atom stereocenters. The molecule has 3 N–H and O–H groups in total. The van der Waals surface area contributed by atoms with Crippen molar-refractivity contribution >= 4 is 22.9 Å². The van der Waals surface area contributed by atoms with E-state index in [2.05, 4.69) is 4.72 Å². The molecular weight excluding hydrogens is 194 g/mol. The third kappa shape index (κ3) is 2.85. The van der Waals surface area contributed by atoms with Gasteiger partial charge in [0.05, 0.1) is 5.56 Å². The number of nitrogens with one attached hydrogen (secondary N) is 1. The first kappa shape index (κ1) is 9.69. The molecule has 0 aliphatic rings. The molecule has 0 saturated carbocycles. The zero-order valence-corrected chi connectivity index (χ0v) is 7.25. The highest BCUT2D eigenvalue weighted by Gasteiger charge is 2.03. The molecule has 0 amide bonds. The summed E-state index contributed by atoms with van der Waals surface area (Å²) in [7, 11) is 0. The fourth-order valence-electron chi connectivity index (χ4n) is 0.817. The minimum absolute atomic E-state index is 0.0652. The fourth-order valence-corrected chi connectivity index (χ4v) is 1.15. The van der Waals surface area contributed by atoms with Crippen molar-refractivity contribution in [3.8, 4) is 0 Å². The highest BCUT2D eigenvalue weighted by molar-refractivity contribution is 7.80. The second-order valence-electron chi connectivity index (χ2n) is 2.24. The van der Waals surface area contributed by atoms with E-state index in [1.54, 1.807) is 0 Å². The molecule has 0 aliphatic heterocycles. The molecule has 0 aromatic heterocycles. The summed E-state index contributed by atoms with van der Waals surface area (Å²) in [5, 5.41) is 8.58. The molecule has 5 nitrogen and oxygen atoms in total. The molecule has 1 rings (SSSR count). The van der Waals surface area contributed by atoms with Crippen molar-refractivity contribution in [3.05, 3.63) is 29.8 Å². The van der Waals surface area contributed by atoms with Gasteiger partial charge >= 0.3 is 5.97 Å². The molecule has 0 heterocycles. The molecular formula is C7H7NO4S. The highest BCUT2D eigenvalue weighted by Crippen LogP contribution is 2.10. The van der Waals surface area contributed by atoms with Crippen LogP contribution >= 0.6 is 0 Å². The van der Waals surface area contributed by atoms with Gasteiger partial charge in [0.2, 0.25) is 0 Å². The maximum atomic E-state index is 10.5. The molecule has 1 aromatic carbocycles. The van der Waals surface area contributed by atoms with Crippen LogP contribution in [0.5, 0.6) is 0 Å². The monoisotopic (exact) mass is 201 g/mol. The zero-order valence-electron chi connectivity index (χ0n) is 6.43. The van der Waals surface area contributed by atoms with Crippen molar-refractivity contribution in [2.75, 3.05) is 4.72 Å². The van der Waals surface area contributed by atoms with Gasteiger partial charge in [-0.2, -0.15) is 0 Å². The number of hydrogen-bond acceptors (Lipinski definition) is 2. The molecule has 0 bridgehead atoms. The number of carbonyl (C=O) groups is 1. The molecule has 6 heteroatoms. The molecule has 13 heavy (non-hydrogen) atoms. The van der Waals surface area contributed by atoms with Crippen LogP contribution in [0.3, 0.4) is 0 Å². The Kier molecular flexibility index (Phi) is 2.99. The van der Waals surface area contributed by atoms with Gasteiger partial charge < -0.3 is 5.11 Å². The first-order valence-corrected chi connectivity index (χ1v) is 4.41. The molecule has 0 spiro atoms. The zero-order chi connectivity index (χ0) is 9.84. The Labute approximate surface area is 76.8 Å².